The SMILES string of the molecule is CNCc1cnc(N2CCN(C3CC3)CC2)c(Cl)c1. The molecule has 0 unspecified atom stereocenters. The van der Waals surface area contributed by atoms with Crippen molar-refractivity contribution in [3.8, 4) is 0 Å². The number of anilines is 1. The Morgan fingerprint density at radius 2 is 2.05 bits per heavy atom. The van der Waals surface area contributed by atoms with Gasteiger partial charge in [-0.15, -0.1) is 0 Å². The van der Waals surface area contributed by atoms with E-state index in [0.717, 1.165) is 55.2 Å². The Morgan fingerprint density at radius 1 is 1.32 bits per heavy atom. The fraction of sp³-hybridized carbons (Fsp3) is 0.643. The van der Waals surface area contributed by atoms with Crippen molar-refractivity contribution in [2.75, 3.05) is 38.1 Å². The lowest BCUT2D eigenvalue weighted by Gasteiger charge is -2.35. The molecule has 1 aromatic heterocycles. The maximum absolute atomic E-state index is 6.36. The van der Waals surface area contributed by atoms with Gasteiger partial charge in [-0.3, -0.25) is 4.90 Å². The number of halogens is 1. The van der Waals surface area contributed by atoms with Crippen molar-refractivity contribution in [2.45, 2.75) is 25.4 Å². The number of nitrogens with one attached hydrogen (secondary N) is 1. The van der Waals surface area contributed by atoms with Gasteiger partial charge in [0.2, 0.25) is 0 Å². The van der Waals surface area contributed by atoms with Gasteiger partial charge in [-0.25, -0.2) is 4.98 Å². The van der Waals surface area contributed by atoms with Crippen LogP contribution in [-0.4, -0.2) is 49.2 Å². The minimum atomic E-state index is 0.771. The molecule has 2 heterocycles. The van der Waals surface area contributed by atoms with Gasteiger partial charge in [0.1, 0.15) is 5.82 Å². The second kappa shape index (κ2) is 5.65. The Morgan fingerprint density at radius 3 is 2.63 bits per heavy atom. The summed E-state index contributed by atoms with van der Waals surface area (Å²) in [6.07, 6.45) is 4.69. The van der Waals surface area contributed by atoms with Crippen molar-refractivity contribution in [2.24, 2.45) is 0 Å². The average molecular weight is 281 g/mol. The van der Waals surface area contributed by atoms with Gasteiger partial charge in [0.15, 0.2) is 0 Å². The molecule has 5 heteroatoms. The second-order valence-electron chi connectivity index (χ2n) is 5.43. The van der Waals surface area contributed by atoms with Crippen LogP contribution >= 0.6 is 11.6 Å². The van der Waals surface area contributed by atoms with E-state index in [-0.39, 0.29) is 0 Å². The highest BCUT2D eigenvalue weighted by Crippen LogP contribution is 2.30. The first-order valence-corrected chi connectivity index (χ1v) is 7.44. The average Bonchev–Trinajstić information content (AvgIpc) is 3.24. The molecule has 1 N–H and O–H groups in total. The number of hydrogen-bond acceptors (Lipinski definition) is 4. The molecule has 1 saturated heterocycles. The van der Waals surface area contributed by atoms with Crippen molar-refractivity contribution in [3.63, 3.8) is 0 Å². The van der Waals surface area contributed by atoms with Crippen molar-refractivity contribution in [1.29, 1.82) is 0 Å². The van der Waals surface area contributed by atoms with E-state index in [1.165, 1.54) is 12.8 Å². The van der Waals surface area contributed by atoms with E-state index in [1.54, 1.807) is 0 Å². The van der Waals surface area contributed by atoms with Gasteiger partial charge in [0.05, 0.1) is 5.02 Å². The van der Waals surface area contributed by atoms with Crippen LogP contribution in [0.15, 0.2) is 12.3 Å². The van der Waals surface area contributed by atoms with E-state index in [9.17, 15) is 0 Å². The number of rotatable bonds is 4. The molecule has 0 amide bonds. The molecule has 1 saturated carbocycles. The predicted octanol–water partition coefficient (Wildman–Crippen LogP) is 1.74. The van der Waals surface area contributed by atoms with Gasteiger partial charge in [-0.1, -0.05) is 11.6 Å². The van der Waals surface area contributed by atoms with Crippen LogP contribution in [-0.2, 0) is 6.54 Å². The van der Waals surface area contributed by atoms with Crippen molar-refractivity contribution >= 4 is 17.4 Å². The monoisotopic (exact) mass is 280 g/mol. The molecule has 19 heavy (non-hydrogen) atoms. The third kappa shape index (κ3) is 3.02. The fourth-order valence-electron chi connectivity index (χ4n) is 2.74. The van der Waals surface area contributed by atoms with Gasteiger partial charge in [-0.05, 0) is 31.5 Å². The summed E-state index contributed by atoms with van der Waals surface area (Å²) in [7, 11) is 1.93. The van der Waals surface area contributed by atoms with Gasteiger partial charge in [-0.2, -0.15) is 0 Å². The zero-order valence-electron chi connectivity index (χ0n) is 11.4. The molecule has 2 aliphatic rings. The van der Waals surface area contributed by atoms with E-state index in [0.29, 0.717) is 0 Å². The van der Waals surface area contributed by atoms with Gasteiger partial charge < -0.3 is 10.2 Å². The first-order chi connectivity index (χ1) is 9.28. The lowest BCUT2D eigenvalue weighted by atomic mass is 10.2. The van der Waals surface area contributed by atoms with Crippen LogP contribution in [0.25, 0.3) is 0 Å². The van der Waals surface area contributed by atoms with Crippen LogP contribution in [0.3, 0.4) is 0 Å². The molecule has 0 radical (unpaired) electrons. The van der Waals surface area contributed by atoms with Crippen LogP contribution in [0.4, 0.5) is 5.82 Å². The van der Waals surface area contributed by atoms with Gasteiger partial charge >= 0.3 is 0 Å². The molecule has 0 atom stereocenters. The van der Waals surface area contributed by atoms with Crippen LogP contribution in [0.1, 0.15) is 18.4 Å². The van der Waals surface area contributed by atoms with Gasteiger partial charge in [0.25, 0.3) is 0 Å². The standard InChI is InChI=1S/C14H21ClN4/c1-16-9-11-8-13(15)14(17-10-11)19-6-4-18(5-7-19)12-2-3-12/h8,10,12,16H,2-7,9H2,1H3. The van der Waals surface area contributed by atoms with E-state index in [1.807, 2.05) is 19.3 Å². The second-order valence-corrected chi connectivity index (χ2v) is 5.84. The summed E-state index contributed by atoms with van der Waals surface area (Å²) in [5.41, 5.74) is 1.13. The summed E-state index contributed by atoms with van der Waals surface area (Å²) in [4.78, 5) is 9.45. The number of pyridine rings is 1. The maximum atomic E-state index is 6.36. The third-order valence-corrected chi connectivity index (χ3v) is 4.21. The summed E-state index contributed by atoms with van der Waals surface area (Å²) < 4.78 is 0. The highest BCUT2D eigenvalue weighted by Gasteiger charge is 2.31. The predicted molar refractivity (Wildman–Crippen MR) is 78.8 cm³/mol. The van der Waals surface area contributed by atoms with Crippen LogP contribution in [0, 0.1) is 0 Å². The summed E-state index contributed by atoms with van der Waals surface area (Å²) in [6.45, 7) is 5.16. The lowest BCUT2D eigenvalue weighted by Crippen LogP contribution is -2.47. The number of nitrogens with zero attached hydrogens (tertiary/aromatic N) is 3. The van der Waals surface area contributed by atoms with E-state index >= 15 is 0 Å². The van der Waals surface area contributed by atoms with Crippen LogP contribution in [0.2, 0.25) is 5.02 Å². The summed E-state index contributed by atoms with van der Waals surface area (Å²) in [5, 5.41) is 3.89. The Bertz CT molecular complexity index is 439. The van der Waals surface area contributed by atoms with E-state index in [2.05, 4.69) is 20.1 Å². The fourth-order valence-corrected chi connectivity index (χ4v) is 3.05. The van der Waals surface area contributed by atoms with E-state index < -0.39 is 0 Å². The van der Waals surface area contributed by atoms with Gasteiger partial charge in [0, 0.05) is 45.0 Å². The molecular weight excluding hydrogens is 260 g/mol. The summed E-state index contributed by atoms with van der Waals surface area (Å²) in [6, 6.07) is 2.89. The van der Waals surface area contributed by atoms with Crippen LogP contribution < -0.4 is 10.2 Å². The molecule has 104 valence electrons. The molecule has 3 rings (SSSR count). The molecule has 4 nitrogen and oxygen atoms in total. The number of aromatic nitrogens is 1. The Labute approximate surface area is 119 Å². The van der Waals surface area contributed by atoms with Crippen LogP contribution in [0.5, 0.6) is 0 Å². The third-order valence-electron chi connectivity index (χ3n) is 3.94. The summed E-state index contributed by atoms with van der Waals surface area (Å²) >= 11 is 6.36. The normalized spacial score (nSPS) is 20.8. The number of hydrogen-bond donors (Lipinski definition) is 1. The number of piperazine rings is 1. The van der Waals surface area contributed by atoms with E-state index in [4.69, 9.17) is 11.6 Å². The smallest absolute Gasteiger partial charge is 0.147 e. The molecular formula is C14H21ClN4. The van der Waals surface area contributed by atoms with Crippen molar-refractivity contribution in [3.05, 3.63) is 22.8 Å². The summed E-state index contributed by atoms with van der Waals surface area (Å²) in [5.74, 6) is 0.942. The largest absolute Gasteiger partial charge is 0.353 e. The minimum absolute atomic E-state index is 0.771. The Kier molecular flexibility index (Phi) is 3.91. The van der Waals surface area contributed by atoms with Crippen molar-refractivity contribution in [1.82, 2.24) is 15.2 Å². The molecule has 1 aliphatic heterocycles. The molecule has 0 spiro atoms. The first-order valence-electron chi connectivity index (χ1n) is 7.06. The first kappa shape index (κ1) is 13.2. The lowest BCUT2D eigenvalue weighted by molar-refractivity contribution is 0.247. The topological polar surface area (TPSA) is 31.4 Å². The molecule has 2 fully saturated rings. The quantitative estimate of drug-likeness (QED) is 0.910. The van der Waals surface area contributed by atoms with Crippen molar-refractivity contribution < 1.29 is 0 Å². The highest BCUT2D eigenvalue weighted by molar-refractivity contribution is 6.33. The zero-order chi connectivity index (χ0) is 13.2. The highest BCUT2D eigenvalue weighted by atomic mass is 35.5. The molecule has 1 aliphatic carbocycles. The molecule has 0 bridgehead atoms. The zero-order valence-corrected chi connectivity index (χ0v) is 12.2. The maximum Gasteiger partial charge on any atom is 0.147 e. The molecule has 0 aromatic carbocycles. The Balaban J connectivity index is 1.65. The molecule has 1 aromatic rings. The minimum Gasteiger partial charge on any atom is -0.353 e. The Hall–Kier alpha value is -0.840.